The molecule has 80 valence electrons. The summed E-state index contributed by atoms with van der Waals surface area (Å²) in [5, 5.41) is 6.33. The van der Waals surface area contributed by atoms with E-state index in [0.29, 0.717) is 11.3 Å². The highest BCUT2D eigenvalue weighted by Crippen LogP contribution is 2.28. The van der Waals surface area contributed by atoms with Gasteiger partial charge in [0.25, 0.3) is 0 Å². The van der Waals surface area contributed by atoms with Crippen molar-refractivity contribution in [3.8, 4) is 0 Å². The van der Waals surface area contributed by atoms with Crippen molar-refractivity contribution in [2.24, 2.45) is 0 Å². The van der Waals surface area contributed by atoms with E-state index in [-0.39, 0.29) is 0 Å². The zero-order chi connectivity index (χ0) is 10.6. The molecule has 0 spiro atoms. The Kier molecular flexibility index (Phi) is 5.52. The topological polar surface area (TPSA) is 12.0 Å². The van der Waals surface area contributed by atoms with Crippen molar-refractivity contribution in [2.45, 2.75) is 25.1 Å². The van der Waals surface area contributed by atoms with Gasteiger partial charge in [0.1, 0.15) is 0 Å². The van der Waals surface area contributed by atoms with E-state index in [2.05, 4.69) is 52.8 Å². The Labute approximate surface area is 103 Å². The summed E-state index contributed by atoms with van der Waals surface area (Å²) in [6.45, 7) is 5.52. The second-order valence-electron chi connectivity index (χ2n) is 3.31. The van der Waals surface area contributed by atoms with Crippen molar-refractivity contribution in [3.05, 3.63) is 20.8 Å². The first-order chi connectivity index (χ1) is 6.65. The molecule has 1 rings (SSSR count). The highest BCUT2D eigenvalue weighted by atomic mass is 79.9. The van der Waals surface area contributed by atoms with Gasteiger partial charge in [-0.25, -0.2) is 0 Å². The lowest BCUT2D eigenvalue weighted by Crippen LogP contribution is -2.25. The molecular formula is C10H16BrNS2. The number of thioether (sulfide) groups is 1. The highest BCUT2D eigenvalue weighted by molar-refractivity contribution is 9.10. The van der Waals surface area contributed by atoms with Crippen LogP contribution in [0.3, 0.4) is 0 Å². The van der Waals surface area contributed by atoms with Gasteiger partial charge in [0.05, 0.1) is 0 Å². The average molecular weight is 294 g/mol. The normalized spacial score (nSPS) is 15.4. The van der Waals surface area contributed by atoms with Crippen LogP contribution in [-0.4, -0.2) is 18.1 Å². The summed E-state index contributed by atoms with van der Waals surface area (Å²) in [6.07, 6.45) is 2.15. The van der Waals surface area contributed by atoms with E-state index in [1.165, 1.54) is 9.35 Å². The van der Waals surface area contributed by atoms with E-state index in [1.54, 1.807) is 11.3 Å². The van der Waals surface area contributed by atoms with Crippen molar-refractivity contribution < 1.29 is 0 Å². The Bertz CT molecular complexity index is 275. The summed E-state index contributed by atoms with van der Waals surface area (Å²) >= 11 is 7.25. The first kappa shape index (κ1) is 12.6. The molecule has 4 heteroatoms. The second kappa shape index (κ2) is 6.16. The molecular weight excluding hydrogens is 278 g/mol. The Morgan fingerprint density at radius 2 is 2.29 bits per heavy atom. The molecule has 1 nitrogen and oxygen atoms in total. The van der Waals surface area contributed by atoms with Gasteiger partial charge in [-0.1, -0.05) is 6.92 Å². The highest BCUT2D eigenvalue weighted by Gasteiger charge is 2.10. The van der Waals surface area contributed by atoms with Gasteiger partial charge in [-0.05, 0) is 40.6 Å². The average Bonchev–Trinajstić information content (AvgIpc) is 2.60. The van der Waals surface area contributed by atoms with E-state index in [1.807, 2.05) is 11.8 Å². The Morgan fingerprint density at radius 1 is 1.57 bits per heavy atom. The van der Waals surface area contributed by atoms with Crippen LogP contribution in [0.4, 0.5) is 0 Å². The van der Waals surface area contributed by atoms with Crippen LogP contribution in [0.15, 0.2) is 15.9 Å². The molecule has 2 atom stereocenters. The predicted octanol–water partition coefficient (Wildman–Crippen LogP) is 3.91. The lowest BCUT2D eigenvalue weighted by Gasteiger charge is -2.15. The molecule has 1 aromatic heterocycles. The van der Waals surface area contributed by atoms with Crippen LogP contribution in [0.25, 0.3) is 0 Å². The SMILES string of the molecule is CSC(C)CNC(C)c1sccc1Br. The van der Waals surface area contributed by atoms with E-state index in [9.17, 15) is 0 Å². The van der Waals surface area contributed by atoms with Crippen molar-refractivity contribution in [2.75, 3.05) is 12.8 Å². The summed E-state index contributed by atoms with van der Waals surface area (Å²) in [7, 11) is 0. The predicted molar refractivity (Wildman–Crippen MR) is 71.4 cm³/mol. The van der Waals surface area contributed by atoms with E-state index >= 15 is 0 Å². The number of rotatable bonds is 5. The van der Waals surface area contributed by atoms with Gasteiger partial charge in [0.2, 0.25) is 0 Å². The minimum atomic E-state index is 0.443. The number of hydrogen-bond acceptors (Lipinski definition) is 3. The first-order valence-electron chi connectivity index (χ1n) is 4.64. The maximum absolute atomic E-state index is 3.56. The number of halogens is 1. The van der Waals surface area contributed by atoms with Gasteiger partial charge in [-0.3, -0.25) is 0 Å². The summed E-state index contributed by atoms with van der Waals surface area (Å²) in [5.74, 6) is 0. The zero-order valence-electron chi connectivity index (χ0n) is 8.71. The van der Waals surface area contributed by atoms with Crippen molar-refractivity contribution >= 4 is 39.0 Å². The molecule has 1 heterocycles. The van der Waals surface area contributed by atoms with Gasteiger partial charge in [-0.15, -0.1) is 11.3 Å². The molecule has 0 aliphatic heterocycles. The van der Waals surface area contributed by atoms with Crippen molar-refractivity contribution in [1.29, 1.82) is 0 Å². The molecule has 0 saturated carbocycles. The minimum Gasteiger partial charge on any atom is -0.308 e. The molecule has 0 amide bonds. The maximum atomic E-state index is 3.56. The molecule has 0 fully saturated rings. The largest absolute Gasteiger partial charge is 0.308 e. The van der Waals surface area contributed by atoms with Crippen LogP contribution < -0.4 is 5.32 Å². The molecule has 0 aliphatic carbocycles. The fourth-order valence-corrected chi connectivity index (χ4v) is 3.15. The van der Waals surface area contributed by atoms with Crippen LogP contribution in [0, 0.1) is 0 Å². The third-order valence-electron chi connectivity index (χ3n) is 2.15. The fraction of sp³-hybridized carbons (Fsp3) is 0.600. The third kappa shape index (κ3) is 3.57. The Morgan fingerprint density at radius 3 is 2.79 bits per heavy atom. The molecule has 2 unspecified atom stereocenters. The van der Waals surface area contributed by atoms with Gasteiger partial charge in [0.15, 0.2) is 0 Å². The van der Waals surface area contributed by atoms with Gasteiger partial charge in [-0.2, -0.15) is 11.8 Å². The smallest absolute Gasteiger partial charge is 0.0397 e. The summed E-state index contributed by atoms with van der Waals surface area (Å²) in [4.78, 5) is 1.39. The van der Waals surface area contributed by atoms with Gasteiger partial charge < -0.3 is 5.32 Å². The molecule has 14 heavy (non-hydrogen) atoms. The van der Waals surface area contributed by atoms with Crippen LogP contribution in [0.5, 0.6) is 0 Å². The Hall–Kier alpha value is 0.490. The summed E-state index contributed by atoms with van der Waals surface area (Å²) in [5.41, 5.74) is 0. The Balaban J connectivity index is 2.43. The summed E-state index contributed by atoms with van der Waals surface area (Å²) < 4.78 is 1.22. The third-order valence-corrected chi connectivity index (χ3v) is 5.18. The number of nitrogens with one attached hydrogen (secondary N) is 1. The summed E-state index contributed by atoms with van der Waals surface area (Å²) in [6, 6.07) is 2.55. The van der Waals surface area contributed by atoms with Crippen molar-refractivity contribution in [3.63, 3.8) is 0 Å². The monoisotopic (exact) mass is 293 g/mol. The van der Waals surface area contributed by atoms with Gasteiger partial charge in [0, 0.05) is 27.2 Å². The lowest BCUT2D eigenvalue weighted by atomic mass is 10.2. The number of thiophene rings is 1. The second-order valence-corrected chi connectivity index (χ2v) is 6.39. The standard InChI is InChI=1S/C10H16BrNS2/c1-7(13-3)6-12-8(2)10-9(11)4-5-14-10/h4-5,7-8,12H,6H2,1-3H3. The minimum absolute atomic E-state index is 0.443. The number of hydrogen-bond donors (Lipinski definition) is 1. The van der Waals surface area contributed by atoms with Crippen LogP contribution >= 0.6 is 39.0 Å². The molecule has 1 N–H and O–H groups in total. The molecule has 1 aromatic rings. The maximum Gasteiger partial charge on any atom is 0.0397 e. The quantitative estimate of drug-likeness (QED) is 0.883. The van der Waals surface area contributed by atoms with E-state index in [4.69, 9.17) is 0 Å². The molecule has 0 aromatic carbocycles. The lowest BCUT2D eigenvalue weighted by molar-refractivity contribution is 0.582. The molecule has 0 radical (unpaired) electrons. The molecule has 0 saturated heterocycles. The fourth-order valence-electron chi connectivity index (χ4n) is 1.13. The molecule has 0 aliphatic rings. The van der Waals surface area contributed by atoms with E-state index in [0.717, 1.165) is 6.54 Å². The zero-order valence-corrected chi connectivity index (χ0v) is 11.9. The van der Waals surface area contributed by atoms with Crippen LogP contribution in [0.1, 0.15) is 24.8 Å². The molecule has 0 bridgehead atoms. The van der Waals surface area contributed by atoms with Crippen molar-refractivity contribution in [1.82, 2.24) is 5.32 Å². The van der Waals surface area contributed by atoms with E-state index < -0.39 is 0 Å². The van der Waals surface area contributed by atoms with Crippen LogP contribution in [0.2, 0.25) is 0 Å². The first-order valence-corrected chi connectivity index (χ1v) is 7.60. The van der Waals surface area contributed by atoms with Crippen LogP contribution in [-0.2, 0) is 0 Å². The van der Waals surface area contributed by atoms with Gasteiger partial charge >= 0.3 is 0 Å².